The largest absolute Gasteiger partial charge is 0.354 e. The average molecular weight is 360 g/mol. The van der Waals surface area contributed by atoms with Crippen LogP contribution in [-0.4, -0.2) is 18.2 Å². The van der Waals surface area contributed by atoms with Crippen LogP contribution in [0.4, 0.5) is 0 Å². The molecule has 1 amide bonds. The third-order valence-corrected chi connectivity index (χ3v) is 5.95. The molecule has 1 N–H and O–H groups in total. The van der Waals surface area contributed by atoms with Gasteiger partial charge in [-0.05, 0) is 42.7 Å². The van der Waals surface area contributed by atoms with E-state index < -0.39 is 0 Å². The van der Waals surface area contributed by atoms with Gasteiger partial charge in [0.2, 0.25) is 5.91 Å². The highest BCUT2D eigenvalue weighted by Crippen LogP contribution is 2.41. The summed E-state index contributed by atoms with van der Waals surface area (Å²) >= 11 is 7.63. The van der Waals surface area contributed by atoms with Crippen molar-refractivity contribution < 1.29 is 4.79 Å². The molecule has 0 spiro atoms. The van der Waals surface area contributed by atoms with Crippen molar-refractivity contribution in [2.24, 2.45) is 0 Å². The number of nitrogens with one attached hydrogen (secondary N) is 1. The summed E-state index contributed by atoms with van der Waals surface area (Å²) in [4.78, 5) is 14.1. The van der Waals surface area contributed by atoms with Crippen molar-refractivity contribution >= 4 is 29.3 Å². The Morgan fingerprint density at radius 2 is 1.71 bits per heavy atom. The van der Waals surface area contributed by atoms with Gasteiger partial charge in [0.25, 0.3) is 0 Å². The summed E-state index contributed by atoms with van der Waals surface area (Å²) in [5.74, 6) is 1.04. The molecule has 1 fully saturated rings. The second-order valence-electron chi connectivity index (χ2n) is 6.21. The summed E-state index contributed by atoms with van der Waals surface area (Å²) in [5, 5.41) is 3.91. The van der Waals surface area contributed by atoms with Crippen molar-refractivity contribution in [3.63, 3.8) is 0 Å². The van der Waals surface area contributed by atoms with E-state index in [0.717, 1.165) is 42.0 Å². The normalized spacial score (nSPS) is 16.0. The van der Waals surface area contributed by atoms with Gasteiger partial charge in [0.15, 0.2) is 0 Å². The fourth-order valence-corrected chi connectivity index (χ4v) is 4.31. The van der Waals surface area contributed by atoms with Crippen LogP contribution in [0.25, 0.3) is 0 Å². The van der Waals surface area contributed by atoms with Crippen molar-refractivity contribution in [2.45, 2.75) is 36.0 Å². The van der Waals surface area contributed by atoms with Crippen LogP contribution in [0.15, 0.2) is 59.5 Å². The average Bonchev–Trinajstić information content (AvgIpc) is 3.12. The monoisotopic (exact) mass is 359 g/mol. The third-order valence-electron chi connectivity index (χ3n) is 4.69. The zero-order chi connectivity index (χ0) is 16.8. The van der Waals surface area contributed by atoms with Crippen LogP contribution in [0, 0.1) is 0 Å². The van der Waals surface area contributed by atoms with Crippen molar-refractivity contribution in [3.8, 4) is 0 Å². The zero-order valence-electron chi connectivity index (χ0n) is 13.6. The number of carbonyl (C=O) groups excluding carboxylic acids is 1. The van der Waals surface area contributed by atoms with E-state index in [1.165, 1.54) is 4.90 Å². The second kappa shape index (κ2) is 8.09. The van der Waals surface area contributed by atoms with Gasteiger partial charge in [0.05, 0.1) is 5.41 Å². The van der Waals surface area contributed by atoms with E-state index in [-0.39, 0.29) is 11.3 Å². The van der Waals surface area contributed by atoms with Gasteiger partial charge < -0.3 is 5.32 Å². The van der Waals surface area contributed by atoms with Gasteiger partial charge in [-0.2, -0.15) is 0 Å². The molecule has 126 valence electrons. The molecule has 1 saturated carbocycles. The number of thioether (sulfide) groups is 1. The standard InChI is InChI=1S/C20H22ClNOS/c21-17-8-10-18(11-9-17)24-15-14-22-19(23)20(12-4-5-13-20)16-6-2-1-3-7-16/h1-3,6-11H,4-5,12-15H2,(H,22,23). The topological polar surface area (TPSA) is 29.1 Å². The lowest BCUT2D eigenvalue weighted by Gasteiger charge is -2.28. The molecule has 0 heterocycles. The molecule has 0 aliphatic heterocycles. The van der Waals surface area contributed by atoms with Gasteiger partial charge in [-0.15, -0.1) is 11.8 Å². The van der Waals surface area contributed by atoms with E-state index in [4.69, 9.17) is 11.6 Å². The Morgan fingerprint density at radius 1 is 1.04 bits per heavy atom. The molecule has 0 aromatic heterocycles. The first kappa shape index (κ1) is 17.4. The molecular weight excluding hydrogens is 338 g/mol. The number of amides is 1. The van der Waals surface area contributed by atoms with E-state index in [0.29, 0.717) is 6.54 Å². The summed E-state index contributed by atoms with van der Waals surface area (Å²) in [6.45, 7) is 0.681. The summed E-state index contributed by atoms with van der Waals surface area (Å²) in [7, 11) is 0. The lowest BCUT2D eigenvalue weighted by atomic mass is 9.78. The van der Waals surface area contributed by atoms with Gasteiger partial charge >= 0.3 is 0 Å². The first-order valence-corrected chi connectivity index (χ1v) is 9.79. The van der Waals surface area contributed by atoms with Crippen molar-refractivity contribution in [1.82, 2.24) is 5.32 Å². The molecule has 1 aliphatic carbocycles. The van der Waals surface area contributed by atoms with Crippen LogP contribution in [0.3, 0.4) is 0 Å². The van der Waals surface area contributed by atoms with Gasteiger partial charge in [0.1, 0.15) is 0 Å². The highest BCUT2D eigenvalue weighted by Gasteiger charge is 2.42. The summed E-state index contributed by atoms with van der Waals surface area (Å²) in [5.41, 5.74) is 0.831. The van der Waals surface area contributed by atoms with Gasteiger partial charge in [0, 0.05) is 22.2 Å². The number of hydrogen-bond donors (Lipinski definition) is 1. The predicted molar refractivity (Wildman–Crippen MR) is 102 cm³/mol. The molecule has 0 unspecified atom stereocenters. The van der Waals surface area contributed by atoms with E-state index in [1.807, 2.05) is 42.5 Å². The Bertz CT molecular complexity index is 666. The number of benzene rings is 2. The van der Waals surface area contributed by atoms with Crippen molar-refractivity contribution in [3.05, 3.63) is 65.2 Å². The highest BCUT2D eigenvalue weighted by atomic mass is 35.5. The highest BCUT2D eigenvalue weighted by molar-refractivity contribution is 7.99. The van der Waals surface area contributed by atoms with Crippen LogP contribution in [-0.2, 0) is 10.2 Å². The maximum atomic E-state index is 12.9. The molecule has 24 heavy (non-hydrogen) atoms. The van der Waals surface area contributed by atoms with Crippen LogP contribution >= 0.6 is 23.4 Å². The molecule has 2 nitrogen and oxygen atoms in total. The minimum Gasteiger partial charge on any atom is -0.354 e. The Kier molecular flexibility index (Phi) is 5.85. The van der Waals surface area contributed by atoms with Gasteiger partial charge in [-0.3, -0.25) is 4.79 Å². The first-order valence-electron chi connectivity index (χ1n) is 8.43. The fraction of sp³-hybridized carbons (Fsp3) is 0.350. The Hall–Kier alpha value is -1.45. The summed E-state index contributed by atoms with van der Waals surface area (Å²) in [6.07, 6.45) is 4.16. The molecule has 0 atom stereocenters. The van der Waals surface area contributed by atoms with Crippen LogP contribution in [0.5, 0.6) is 0 Å². The molecule has 0 bridgehead atoms. The molecule has 0 saturated heterocycles. The molecule has 2 aromatic rings. The molecule has 3 rings (SSSR count). The Labute approximate surface area is 153 Å². The zero-order valence-corrected chi connectivity index (χ0v) is 15.2. The van der Waals surface area contributed by atoms with Crippen molar-refractivity contribution in [2.75, 3.05) is 12.3 Å². The Balaban J connectivity index is 1.56. The molecular formula is C20H22ClNOS. The maximum Gasteiger partial charge on any atom is 0.230 e. The van der Waals surface area contributed by atoms with E-state index in [2.05, 4.69) is 17.4 Å². The third kappa shape index (κ3) is 3.96. The minimum atomic E-state index is -0.327. The van der Waals surface area contributed by atoms with Crippen LogP contribution < -0.4 is 5.32 Å². The quantitative estimate of drug-likeness (QED) is 0.577. The minimum absolute atomic E-state index is 0.183. The Morgan fingerprint density at radius 3 is 2.38 bits per heavy atom. The number of carbonyl (C=O) groups is 1. The van der Waals surface area contributed by atoms with E-state index in [1.54, 1.807) is 11.8 Å². The second-order valence-corrected chi connectivity index (χ2v) is 7.82. The smallest absolute Gasteiger partial charge is 0.230 e. The predicted octanol–water partition coefficient (Wildman–Crippen LogP) is 5.06. The number of hydrogen-bond acceptors (Lipinski definition) is 2. The van der Waals surface area contributed by atoms with Gasteiger partial charge in [-0.1, -0.05) is 54.8 Å². The maximum absolute atomic E-state index is 12.9. The van der Waals surface area contributed by atoms with Crippen LogP contribution in [0.2, 0.25) is 5.02 Å². The molecule has 1 aliphatic rings. The van der Waals surface area contributed by atoms with Crippen LogP contribution in [0.1, 0.15) is 31.2 Å². The summed E-state index contributed by atoms with van der Waals surface area (Å²) in [6, 6.07) is 18.1. The molecule has 0 radical (unpaired) electrons. The summed E-state index contributed by atoms with van der Waals surface area (Å²) < 4.78 is 0. The van der Waals surface area contributed by atoms with Gasteiger partial charge in [-0.25, -0.2) is 0 Å². The lowest BCUT2D eigenvalue weighted by molar-refractivity contribution is -0.126. The molecule has 2 aromatic carbocycles. The first-order chi connectivity index (χ1) is 11.7. The SMILES string of the molecule is O=C(NCCSc1ccc(Cl)cc1)C1(c2ccccc2)CCCC1. The van der Waals surface area contributed by atoms with E-state index in [9.17, 15) is 4.79 Å². The fourth-order valence-electron chi connectivity index (χ4n) is 3.42. The van der Waals surface area contributed by atoms with E-state index >= 15 is 0 Å². The lowest BCUT2D eigenvalue weighted by Crippen LogP contribution is -2.43. The number of halogens is 1. The number of rotatable bonds is 6. The molecule has 4 heteroatoms. The van der Waals surface area contributed by atoms with Crippen molar-refractivity contribution in [1.29, 1.82) is 0 Å².